The van der Waals surface area contributed by atoms with E-state index in [-0.39, 0.29) is 17.2 Å². The van der Waals surface area contributed by atoms with E-state index in [4.69, 9.17) is 4.74 Å². The number of ether oxygens (including phenoxy) is 1. The van der Waals surface area contributed by atoms with Gasteiger partial charge in [0, 0.05) is 22.0 Å². The molecule has 0 saturated heterocycles. The molecule has 0 aliphatic rings. The highest BCUT2D eigenvalue weighted by molar-refractivity contribution is 7.16. The van der Waals surface area contributed by atoms with Crippen molar-refractivity contribution in [3.05, 3.63) is 45.8 Å². The van der Waals surface area contributed by atoms with Crippen LogP contribution in [0.3, 0.4) is 0 Å². The lowest BCUT2D eigenvalue weighted by atomic mass is 9.96. The highest BCUT2D eigenvalue weighted by atomic mass is 32.1. The Bertz CT molecular complexity index is 944. The highest BCUT2D eigenvalue weighted by Crippen LogP contribution is 2.34. The molecule has 0 bridgehead atoms. The van der Waals surface area contributed by atoms with Crippen LogP contribution in [-0.2, 0) is 14.3 Å². The van der Waals surface area contributed by atoms with Crippen LogP contribution in [0.2, 0.25) is 0 Å². The van der Waals surface area contributed by atoms with Crippen LogP contribution in [-0.4, -0.2) is 24.4 Å². The van der Waals surface area contributed by atoms with Gasteiger partial charge in [-0.05, 0) is 31.5 Å². The molecule has 2 aromatic rings. The first-order chi connectivity index (χ1) is 13.4. The number of carbonyl (C=O) groups is 3. The van der Waals surface area contributed by atoms with E-state index in [0.717, 1.165) is 17.0 Å². The summed E-state index contributed by atoms with van der Waals surface area (Å²) in [5.74, 6) is -3.50. The summed E-state index contributed by atoms with van der Waals surface area (Å²) in [5.41, 5.74) is 0.0587. The van der Waals surface area contributed by atoms with Gasteiger partial charge < -0.3 is 15.4 Å². The Morgan fingerprint density at radius 1 is 1.03 bits per heavy atom. The highest BCUT2D eigenvalue weighted by Gasteiger charge is 2.27. The van der Waals surface area contributed by atoms with Gasteiger partial charge in [0.15, 0.2) is 6.61 Å². The van der Waals surface area contributed by atoms with Crippen molar-refractivity contribution in [1.82, 2.24) is 0 Å². The van der Waals surface area contributed by atoms with E-state index >= 15 is 0 Å². The van der Waals surface area contributed by atoms with Crippen molar-refractivity contribution in [3.8, 4) is 0 Å². The van der Waals surface area contributed by atoms with Crippen molar-refractivity contribution in [2.24, 2.45) is 5.41 Å². The van der Waals surface area contributed by atoms with Crippen LogP contribution in [0, 0.1) is 30.9 Å². The van der Waals surface area contributed by atoms with E-state index in [0.29, 0.717) is 16.6 Å². The van der Waals surface area contributed by atoms with Crippen LogP contribution >= 0.6 is 11.3 Å². The van der Waals surface area contributed by atoms with Crippen molar-refractivity contribution < 1.29 is 27.9 Å². The SMILES string of the molecule is Cc1sc(NC(=O)C(C)(C)C)c(C(=O)OCC(=O)Nc2cc(F)cc(F)c2)c1C. The summed E-state index contributed by atoms with van der Waals surface area (Å²) >= 11 is 1.24. The van der Waals surface area contributed by atoms with E-state index in [2.05, 4.69) is 10.6 Å². The first kappa shape index (κ1) is 22.5. The summed E-state index contributed by atoms with van der Waals surface area (Å²) in [6.45, 7) is 8.09. The molecule has 0 radical (unpaired) electrons. The van der Waals surface area contributed by atoms with Gasteiger partial charge in [-0.15, -0.1) is 11.3 Å². The number of esters is 1. The van der Waals surface area contributed by atoms with Crippen LogP contribution in [0.5, 0.6) is 0 Å². The third kappa shape index (κ3) is 5.83. The molecule has 0 spiro atoms. The zero-order valence-corrected chi connectivity index (χ0v) is 17.6. The first-order valence-corrected chi connectivity index (χ1v) is 9.54. The Morgan fingerprint density at radius 2 is 1.62 bits per heavy atom. The maximum Gasteiger partial charge on any atom is 0.341 e. The minimum Gasteiger partial charge on any atom is -0.452 e. The van der Waals surface area contributed by atoms with Crippen molar-refractivity contribution in [3.63, 3.8) is 0 Å². The molecule has 0 saturated carbocycles. The molecule has 0 unspecified atom stereocenters. The van der Waals surface area contributed by atoms with E-state index < -0.39 is 35.5 Å². The third-order valence-corrected chi connectivity index (χ3v) is 5.10. The normalized spacial score (nSPS) is 11.1. The molecule has 0 fully saturated rings. The van der Waals surface area contributed by atoms with E-state index in [9.17, 15) is 23.2 Å². The molecule has 0 aliphatic carbocycles. The number of hydrogen-bond acceptors (Lipinski definition) is 5. The molecule has 156 valence electrons. The fourth-order valence-electron chi connectivity index (χ4n) is 2.28. The number of anilines is 2. The van der Waals surface area contributed by atoms with Gasteiger partial charge in [-0.1, -0.05) is 20.8 Å². The number of rotatable bonds is 5. The van der Waals surface area contributed by atoms with Crippen LogP contribution in [0.15, 0.2) is 18.2 Å². The molecule has 6 nitrogen and oxygen atoms in total. The van der Waals surface area contributed by atoms with Crippen LogP contribution in [0.1, 0.15) is 41.6 Å². The molecule has 1 aromatic carbocycles. The topological polar surface area (TPSA) is 84.5 Å². The number of benzene rings is 1. The van der Waals surface area contributed by atoms with Gasteiger partial charge in [0.05, 0.1) is 5.56 Å². The lowest BCUT2D eigenvalue weighted by Gasteiger charge is -2.17. The number of nitrogens with one attached hydrogen (secondary N) is 2. The Labute approximate surface area is 171 Å². The first-order valence-electron chi connectivity index (χ1n) is 8.73. The van der Waals surface area contributed by atoms with Gasteiger partial charge >= 0.3 is 5.97 Å². The average molecular weight is 424 g/mol. The van der Waals surface area contributed by atoms with Crippen molar-refractivity contribution in [1.29, 1.82) is 0 Å². The Kier molecular flexibility index (Phi) is 6.73. The third-order valence-electron chi connectivity index (χ3n) is 3.98. The second-order valence-corrected chi connectivity index (χ2v) is 8.70. The number of aryl methyl sites for hydroxylation is 1. The predicted octanol–water partition coefficient (Wildman–Crippen LogP) is 4.42. The number of carbonyl (C=O) groups excluding carboxylic acids is 3. The fourth-order valence-corrected chi connectivity index (χ4v) is 3.32. The maximum atomic E-state index is 13.2. The average Bonchev–Trinajstić information content (AvgIpc) is 2.85. The number of thiophene rings is 1. The van der Waals surface area contributed by atoms with Gasteiger partial charge in [0.2, 0.25) is 5.91 Å². The van der Waals surface area contributed by atoms with Gasteiger partial charge in [-0.3, -0.25) is 9.59 Å². The minimum absolute atomic E-state index is 0.0933. The van der Waals surface area contributed by atoms with E-state index in [1.165, 1.54) is 11.3 Å². The standard InChI is InChI=1S/C20H22F2N2O4S/c1-10-11(2)29-17(24-19(27)20(3,4)5)16(10)18(26)28-9-15(25)23-14-7-12(21)6-13(22)8-14/h6-8H,9H2,1-5H3,(H,23,25)(H,24,27). The fraction of sp³-hybridized carbons (Fsp3) is 0.350. The summed E-state index contributed by atoms with van der Waals surface area (Å²) in [5, 5.41) is 5.33. The minimum atomic E-state index is -0.846. The molecule has 1 heterocycles. The van der Waals surface area contributed by atoms with Crippen LogP contribution in [0.25, 0.3) is 0 Å². The maximum absolute atomic E-state index is 13.2. The lowest BCUT2D eigenvalue weighted by Crippen LogP contribution is -2.28. The van der Waals surface area contributed by atoms with Crippen molar-refractivity contribution in [2.75, 3.05) is 17.2 Å². The van der Waals surface area contributed by atoms with Crippen LogP contribution in [0.4, 0.5) is 19.5 Å². The molecule has 0 atom stereocenters. The molecule has 29 heavy (non-hydrogen) atoms. The molecular weight excluding hydrogens is 402 g/mol. The summed E-state index contributed by atoms with van der Waals surface area (Å²) in [4.78, 5) is 37.6. The van der Waals surface area contributed by atoms with Crippen molar-refractivity contribution >= 4 is 39.8 Å². The second kappa shape index (κ2) is 8.69. The van der Waals surface area contributed by atoms with E-state index in [1.54, 1.807) is 34.6 Å². The molecule has 2 rings (SSSR count). The summed E-state index contributed by atoms with van der Waals surface area (Å²) in [6.07, 6.45) is 0. The number of hydrogen-bond donors (Lipinski definition) is 2. The summed E-state index contributed by atoms with van der Waals surface area (Å²) < 4.78 is 31.4. The van der Waals surface area contributed by atoms with Gasteiger partial charge in [0.1, 0.15) is 16.6 Å². The Hall–Kier alpha value is -2.81. The molecular formula is C20H22F2N2O4S. The second-order valence-electron chi connectivity index (χ2n) is 7.47. The van der Waals surface area contributed by atoms with Crippen LogP contribution < -0.4 is 10.6 Å². The number of amides is 2. The summed E-state index contributed by atoms with van der Waals surface area (Å²) in [6, 6.07) is 2.55. The Morgan fingerprint density at radius 3 is 2.17 bits per heavy atom. The van der Waals surface area contributed by atoms with Crippen molar-refractivity contribution in [2.45, 2.75) is 34.6 Å². The van der Waals surface area contributed by atoms with Gasteiger partial charge in [-0.25, -0.2) is 13.6 Å². The lowest BCUT2D eigenvalue weighted by molar-refractivity contribution is -0.123. The quantitative estimate of drug-likeness (QED) is 0.696. The predicted molar refractivity (Wildman–Crippen MR) is 107 cm³/mol. The largest absolute Gasteiger partial charge is 0.452 e. The zero-order valence-electron chi connectivity index (χ0n) is 16.7. The summed E-state index contributed by atoms with van der Waals surface area (Å²) in [7, 11) is 0. The van der Waals surface area contributed by atoms with E-state index in [1.807, 2.05) is 0 Å². The number of halogens is 2. The van der Waals surface area contributed by atoms with Gasteiger partial charge in [0.25, 0.3) is 5.91 Å². The molecule has 1 aromatic heterocycles. The smallest absolute Gasteiger partial charge is 0.341 e. The molecule has 2 N–H and O–H groups in total. The molecule has 2 amide bonds. The molecule has 0 aliphatic heterocycles. The zero-order chi connectivity index (χ0) is 21.9. The Balaban J connectivity index is 2.08. The van der Waals surface area contributed by atoms with Gasteiger partial charge in [-0.2, -0.15) is 0 Å². The molecule has 9 heteroatoms. The monoisotopic (exact) mass is 424 g/mol.